The van der Waals surface area contributed by atoms with Gasteiger partial charge in [0.05, 0.1) is 0 Å². The maximum absolute atomic E-state index is 11.3. The molecule has 22 heavy (non-hydrogen) atoms. The molecule has 0 saturated heterocycles. The van der Waals surface area contributed by atoms with Crippen molar-refractivity contribution in [2.45, 2.75) is 64.3 Å². The SMILES string of the molecule is CCCC(O)(OC)C(Cc1ccccc1)(OC)[C](CC)CC. The molecule has 2 atom stereocenters. The van der Waals surface area contributed by atoms with Crippen LogP contribution in [-0.4, -0.2) is 30.7 Å². The molecule has 1 rings (SSSR count). The fourth-order valence-corrected chi connectivity index (χ4v) is 3.43. The second-order valence-corrected chi connectivity index (χ2v) is 5.74. The van der Waals surface area contributed by atoms with Crippen molar-refractivity contribution in [1.29, 1.82) is 0 Å². The van der Waals surface area contributed by atoms with Crippen LogP contribution in [0.25, 0.3) is 0 Å². The molecule has 0 spiro atoms. The van der Waals surface area contributed by atoms with Gasteiger partial charge in [0, 0.05) is 33.0 Å². The van der Waals surface area contributed by atoms with Crippen LogP contribution in [0.4, 0.5) is 0 Å². The van der Waals surface area contributed by atoms with E-state index in [-0.39, 0.29) is 0 Å². The van der Waals surface area contributed by atoms with Gasteiger partial charge in [0.2, 0.25) is 0 Å². The first-order valence-electron chi connectivity index (χ1n) is 8.25. The quantitative estimate of drug-likeness (QED) is 0.660. The monoisotopic (exact) mass is 307 g/mol. The Hall–Kier alpha value is -0.900. The van der Waals surface area contributed by atoms with E-state index in [1.54, 1.807) is 14.2 Å². The average Bonchev–Trinajstić information content (AvgIpc) is 2.55. The smallest absolute Gasteiger partial charge is 0.195 e. The maximum atomic E-state index is 11.3. The minimum atomic E-state index is -1.33. The highest BCUT2D eigenvalue weighted by atomic mass is 16.6. The van der Waals surface area contributed by atoms with Gasteiger partial charge in [-0.05, 0) is 18.4 Å². The zero-order valence-corrected chi connectivity index (χ0v) is 14.7. The van der Waals surface area contributed by atoms with Crippen molar-refractivity contribution in [2.24, 2.45) is 0 Å². The molecule has 2 unspecified atom stereocenters. The molecule has 0 bridgehead atoms. The lowest BCUT2D eigenvalue weighted by Crippen LogP contribution is -2.61. The lowest BCUT2D eigenvalue weighted by atomic mass is 9.71. The summed E-state index contributed by atoms with van der Waals surface area (Å²) >= 11 is 0. The molecule has 0 heterocycles. The van der Waals surface area contributed by atoms with Crippen molar-refractivity contribution in [3.8, 4) is 0 Å². The Morgan fingerprint density at radius 2 is 1.59 bits per heavy atom. The van der Waals surface area contributed by atoms with Crippen LogP contribution >= 0.6 is 0 Å². The van der Waals surface area contributed by atoms with E-state index in [0.717, 1.165) is 24.8 Å². The van der Waals surface area contributed by atoms with E-state index in [9.17, 15) is 5.11 Å². The molecule has 1 radical (unpaired) electrons. The number of hydrogen-bond acceptors (Lipinski definition) is 3. The number of ether oxygens (including phenoxy) is 2. The molecule has 3 nitrogen and oxygen atoms in total. The number of aliphatic hydroxyl groups is 1. The van der Waals surface area contributed by atoms with Gasteiger partial charge >= 0.3 is 0 Å². The molecule has 125 valence electrons. The summed E-state index contributed by atoms with van der Waals surface area (Å²) in [7, 11) is 3.24. The number of methoxy groups -OCH3 is 2. The summed E-state index contributed by atoms with van der Waals surface area (Å²) in [5.74, 6) is -0.148. The fraction of sp³-hybridized carbons (Fsp3) is 0.632. The molecule has 0 fully saturated rings. The lowest BCUT2D eigenvalue weighted by Gasteiger charge is -2.49. The van der Waals surface area contributed by atoms with Gasteiger partial charge in [0.25, 0.3) is 0 Å². The van der Waals surface area contributed by atoms with E-state index in [1.807, 2.05) is 25.1 Å². The Balaban J connectivity index is 3.33. The Labute approximate surface area is 135 Å². The van der Waals surface area contributed by atoms with Crippen LogP contribution in [0.3, 0.4) is 0 Å². The second kappa shape index (κ2) is 8.66. The predicted octanol–water partition coefficient (Wildman–Crippen LogP) is 4.14. The minimum Gasteiger partial charge on any atom is -0.372 e. The molecule has 0 aliphatic heterocycles. The topological polar surface area (TPSA) is 38.7 Å². The molecular weight excluding hydrogens is 276 g/mol. The van der Waals surface area contributed by atoms with Gasteiger partial charge in [-0.15, -0.1) is 0 Å². The van der Waals surface area contributed by atoms with Crippen LogP contribution in [0, 0.1) is 5.92 Å². The van der Waals surface area contributed by atoms with Crippen molar-refractivity contribution < 1.29 is 14.6 Å². The van der Waals surface area contributed by atoms with E-state index < -0.39 is 11.4 Å². The number of hydrogen-bond donors (Lipinski definition) is 1. The van der Waals surface area contributed by atoms with Crippen LogP contribution in [-0.2, 0) is 15.9 Å². The molecule has 1 aromatic rings. The standard InChI is InChI=1S/C19H31O3/c1-6-14-19(20,22-5)18(21-4,17(7-2)8-3)15-16-12-10-9-11-13-16/h9-13,20H,6-8,14-15H2,1-5H3. The van der Waals surface area contributed by atoms with Gasteiger partial charge in [0.15, 0.2) is 5.79 Å². The fourth-order valence-electron chi connectivity index (χ4n) is 3.43. The van der Waals surface area contributed by atoms with Gasteiger partial charge in [-0.1, -0.05) is 57.5 Å². The van der Waals surface area contributed by atoms with E-state index in [1.165, 1.54) is 5.92 Å². The summed E-state index contributed by atoms with van der Waals surface area (Å²) in [6.07, 6.45) is 3.67. The third-order valence-corrected chi connectivity index (χ3v) is 4.63. The van der Waals surface area contributed by atoms with E-state index in [2.05, 4.69) is 26.0 Å². The maximum Gasteiger partial charge on any atom is 0.195 e. The summed E-state index contributed by atoms with van der Waals surface area (Å²) in [6.45, 7) is 6.27. The number of rotatable bonds is 10. The first kappa shape index (κ1) is 19.1. The Bertz CT molecular complexity index is 416. The Morgan fingerprint density at radius 3 is 2.00 bits per heavy atom. The van der Waals surface area contributed by atoms with Gasteiger partial charge in [-0.2, -0.15) is 0 Å². The highest BCUT2D eigenvalue weighted by molar-refractivity contribution is 5.25. The average molecular weight is 307 g/mol. The van der Waals surface area contributed by atoms with Crippen LogP contribution in [0.5, 0.6) is 0 Å². The first-order chi connectivity index (χ1) is 10.5. The normalized spacial score (nSPS) is 17.2. The molecular formula is C19H31O3. The molecule has 0 aliphatic rings. The molecule has 0 amide bonds. The molecule has 0 aliphatic carbocycles. The van der Waals surface area contributed by atoms with Crippen molar-refractivity contribution in [2.75, 3.05) is 14.2 Å². The largest absolute Gasteiger partial charge is 0.372 e. The summed E-state index contributed by atoms with van der Waals surface area (Å²) < 4.78 is 11.6. The Kier molecular flexibility index (Phi) is 7.54. The van der Waals surface area contributed by atoms with Crippen molar-refractivity contribution in [3.63, 3.8) is 0 Å². The number of benzene rings is 1. The second-order valence-electron chi connectivity index (χ2n) is 5.74. The lowest BCUT2D eigenvalue weighted by molar-refractivity contribution is -0.294. The van der Waals surface area contributed by atoms with E-state index in [0.29, 0.717) is 12.8 Å². The van der Waals surface area contributed by atoms with Gasteiger partial charge in [-0.3, -0.25) is 0 Å². The van der Waals surface area contributed by atoms with Crippen LogP contribution in [0.15, 0.2) is 30.3 Å². The summed E-state index contributed by atoms with van der Waals surface area (Å²) in [6, 6.07) is 10.2. The zero-order valence-electron chi connectivity index (χ0n) is 14.7. The van der Waals surface area contributed by atoms with Gasteiger partial charge in [0.1, 0.15) is 5.60 Å². The summed E-state index contributed by atoms with van der Waals surface area (Å²) in [5.41, 5.74) is 0.304. The molecule has 0 aromatic heterocycles. The van der Waals surface area contributed by atoms with Crippen molar-refractivity contribution in [3.05, 3.63) is 41.8 Å². The van der Waals surface area contributed by atoms with E-state index >= 15 is 0 Å². The van der Waals surface area contributed by atoms with Crippen molar-refractivity contribution >= 4 is 0 Å². The molecule has 1 aromatic carbocycles. The molecule has 0 saturated carbocycles. The zero-order chi connectivity index (χ0) is 16.6. The summed E-state index contributed by atoms with van der Waals surface area (Å²) in [5, 5.41) is 11.3. The van der Waals surface area contributed by atoms with E-state index in [4.69, 9.17) is 9.47 Å². The summed E-state index contributed by atoms with van der Waals surface area (Å²) in [4.78, 5) is 0. The van der Waals surface area contributed by atoms with Crippen molar-refractivity contribution in [1.82, 2.24) is 0 Å². The minimum absolute atomic E-state index is 0.535. The van der Waals surface area contributed by atoms with Gasteiger partial charge < -0.3 is 14.6 Å². The van der Waals surface area contributed by atoms with Crippen LogP contribution in [0.1, 0.15) is 52.0 Å². The third-order valence-electron chi connectivity index (χ3n) is 4.63. The third kappa shape index (κ3) is 3.70. The van der Waals surface area contributed by atoms with Crippen LogP contribution in [0.2, 0.25) is 0 Å². The highest BCUT2D eigenvalue weighted by Crippen LogP contribution is 2.44. The molecule has 1 N–H and O–H groups in total. The Morgan fingerprint density at radius 1 is 1.00 bits per heavy atom. The van der Waals surface area contributed by atoms with Crippen LogP contribution < -0.4 is 0 Å². The van der Waals surface area contributed by atoms with Gasteiger partial charge in [-0.25, -0.2) is 0 Å². The molecule has 3 heteroatoms. The predicted molar refractivity (Wildman–Crippen MR) is 90.6 cm³/mol. The highest BCUT2D eigenvalue weighted by Gasteiger charge is 2.55. The first-order valence-corrected chi connectivity index (χ1v) is 8.25.